The molecule has 33 heavy (non-hydrogen) atoms. The van der Waals surface area contributed by atoms with Gasteiger partial charge in [-0.2, -0.15) is 0 Å². The van der Waals surface area contributed by atoms with Crippen molar-refractivity contribution in [2.24, 2.45) is 0 Å². The van der Waals surface area contributed by atoms with Crippen LogP contribution in [0.1, 0.15) is 28.3 Å². The summed E-state index contributed by atoms with van der Waals surface area (Å²) in [5.74, 6) is 0.338. The number of ether oxygens (including phenoxy) is 1. The number of carbonyl (C=O) groups excluding carboxylic acids is 1. The minimum atomic E-state index is 0.0265. The number of nitrogens with zero attached hydrogens (tertiary/aromatic N) is 2. The fourth-order valence-electron chi connectivity index (χ4n) is 4.72. The van der Waals surface area contributed by atoms with Crippen LogP contribution in [0, 0.1) is 0 Å². The Kier molecular flexibility index (Phi) is 6.13. The van der Waals surface area contributed by atoms with Gasteiger partial charge in [-0.1, -0.05) is 48.5 Å². The number of para-hydroxylation sites is 1. The summed E-state index contributed by atoms with van der Waals surface area (Å²) in [5.41, 5.74) is 5.76. The zero-order valence-corrected chi connectivity index (χ0v) is 18.6. The molecular weight excluding hydrogens is 412 g/mol. The van der Waals surface area contributed by atoms with E-state index in [9.17, 15) is 9.90 Å². The second-order valence-electron chi connectivity index (χ2n) is 8.50. The molecule has 0 aliphatic carbocycles. The van der Waals surface area contributed by atoms with Crippen molar-refractivity contribution >= 4 is 17.7 Å². The van der Waals surface area contributed by atoms with Crippen LogP contribution >= 0.6 is 0 Å². The summed E-state index contributed by atoms with van der Waals surface area (Å²) in [6, 6.07) is 24.6. The van der Waals surface area contributed by atoms with Crippen molar-refractivity contribution in [3.05, 3.63) is 101 Å². The number of rotatable bonds is 4. The highest BCUT2D eigenvalue weighted by atomic mass is 16.5. The topological polar surface area (TPSA) is 53.0 Å². The Morgan fingerprint density at radius 3 is 2.45 bits per heavy atom. The molecule has 1 saturated heterocycles. The number of benzene rings is 3. The summed E-state index contributed by atoms with van der Waals surface area (Å²) < 4.78 is 5.32. The quantitative estimate of drug-likeness (QED) is 0.611. The molecule has 0 spiro atoms. The van der Waals surface area contributed by atoms with E-state index >= 15 is 0 Å². The van der Waals surface area contributed by atoms with Gasteiger partial charge in [0.2, 0.25) is 5.91 Å². The van der Waals surface area contributed by atoms with Crippen LogP contribution in [0.25, 0.3) is 6.08 Å². The molecule has 3 aromatic carbocycles. The summed E-state index contributed by atoms with van der Waals surface area (Å²) in [6.45, 7) is 3.38. The molecule has 3 aromatic rings. The average Bonchev–Trinajstić information content (AvgIpc) is 2.88. The van der Waals surface area contributed by atoms with Crippen LogP contribution in [0.4, 0.5) is 5.69 Å². The minimum absolute atomic E-state index is 0.0265. The number of fused-ring (bicyclic) bond motifs is 1. The third-order valence-corrected chi connectivity index (χ3v) is 6.44. The van der Waals surface area contributed by atoms with E-state index in [-0.39, 0.29) is 11.9 Å². The summed E-state index contributed by atoms with van der Waals surface area (Å²) >= 11 is 0. The molecule has 5 rings (SSSR count). The zero-order valence-electron chi connectivity index (χ0n) is 18.6. The van der Waals surface area contributed by atoms with Crippen LogP contribution in [-0.4, -0.2) is 48.8 Å². The minimum Gasteiger partial charge on any atom is -0.508 e. The first kappa shape index (κ1) is 21.3. The molecule has 0 radical (unpaired) electrons. The second kappa shape index (κ2) is 9.51. The highest BCUT2D eigenvalue weighted by Crippen LogP contribution is 2.39. The summed E-state index contributed by atoms with van der Waals surface area (Å²) in [6.07, 6.45) is 4.41. The maximum absolute atomic E-state index is 12.4. The fraction of sp³-hybridized carbons (Fsp3) is 0.250. The summed E-state index contributed by atoms with van der Waals surface area (Å²) in [4.78, 5) is 16.6. The van der Waals surface area contributed by atoms with Crippen molar-refractivity contribution in [2.75, 3.05) is 37.7 Å². The van der Waals surface area contributed by atoms with Gasteiger partial charge in [0.1, 0.15) is 5.75 Å². The van der Waals surface area contributed by atoms with E-state index in [2.05, 4.69) is 53.4 Å². The molecule has 2 aliphatic rings. The molecule has 1 atom stereocenters. The Balaban J connectivity index is 1.42. The molecule has 1 unspecified atom stereocenters. The molecule has 0 saturated carbocycles. The first-order chi connectivity index (χ1) is 16.2. The number of phenols is 1. The number of hydrogen-bond donors (Lipinski definition) is 1. The van der Waals surface area contributed by atoms with Gasteiger partial charge in [-0.15, -0.1) is 0 Å². The van der Waals surface area contributed by atoms with Crippen LogP contribution in [0.5, 0.6) is 5.75 Å². The van der Waals surface area contributed by atoms with Gasteiger partial charge in [-0.25, -0.2) is 0 Å². The summed E-state index contributed by atoms with van der Waals surface area (Å²) in [7, 11) is 0. The van der Waals surface area contributed by atoms with E-state index in [1.807, 2.05) is 29.2 Å². The molecule has 2 heterocycles. The van der Waals surface area contributed by atoms with Gasteiger partial charge in [0, 0.05) is 31.4 Å². The average molecular weight is 441 g/mol. The number of aromatic hydroxyl groups is 1. The molecule has 0 aromatic heterocycles. The van der Waals surface area contributed by atoms with Crippen molar-refractivity contribution < 1.29 is 14.6 Å². The third kappa shape index (κ3) is 4.64. The zero-order chi connectivity index (χ0) is 22.6. The van der Waals surface area contributed by atoms with Gasteiger partial charge in [-0.05, 0) is 59.0 Å². The molecule has 2 aliphatic heterocycles. The molecule has 0 bridgehead atoms. The Morgan fingerprint density at radius 2 is 1.70 bits per heavy atom. The molecule has 5 heteroatoms. The number of anilines is 1. The van der Waals surface area contributed by atoms with Crippen LogP contribution < -0.4 is 4.90 Å². The highest BCUT2D eigenvalue weighted by Gasteiger charge is 2.29. The highest BCUT2D eigenvalue weighted by molar-refractivity contribution is 5.91. The predicted molar refractivity (Wildman–Crippen MR) is 130 cm³/mol. The van der Waals surface area contributed by atoms with Gasteiger partial charge in [0.25, 0.3) is 0 Å². The normalized spacial score (nSPS) is 18.4. The van der Waals surface area contributed by atoms with Gasteiger partial charge >= 0.3 is 0 Å². The molecule has 5 nitrogen and oxygen atoms in total. The molecular formula is C28H28N2O3. The van der Waals surface area contributed by atoms with E-state index in [4.69, 9.17) is 4.74 Å². The number of morpholine rings is 1. The van der Waals surface area contributed by atoms with E-state index in [0.29, 0.717) is 32.1 Å². The maximum Gasteiger partial charge on any atom is 0.246 e. The lowest BCUT2D eigenvalue weighted by molar-refractivity contribution is -0.129. The largest absolute Gasteiger partial charge is 0.508 e. The maximum atomic E-state index is 12.4. The molecule has 1 N–H and O–H groups in total. The number of carbonyl (C=O) groups is 1. The van der Waals surface area contributed by atoms with Gasteiger partial charge in [0.05, 0.1) is 19.3 Å². The number of amides is 1. The Labute approximate surface area is 194 Å². The SMILES string of the molecule is O=C(C=Cc1ccc(C2c3ccc(O)cc3CCN2c2ccccc2)cc1)N1CCOCC1. The Bertz CT molecular complexity index is 1140. The van der Waals surface area contributed by atoms with Crippen molar-refractivity contribution in [1.82, 2.24) is 4.90 Å². The first-order valence-electron chi connectivity index (χ1n) is 11.5. The first-order valence-corrected chi connectivity index (χ1v) is 11.5. The Hall–Kier alpha value is -3.57. The fourth-order valence-corrected chi connectivity index (χ4v) is 4.72. The van der Waals surface area contributed by atoms with E-state index in [1.54, 1.807) is 12.1 Å². The lowest BCUT2D eigenvalue weighted by Crippen LogP contribution is -2.39. The number of phenolic OH excluding ortho intramolecular Hbond substituents is 1. The standard InChI is InChI=1S/C28H28N2O3/c31-25-11-12-26-23(20-25)14-15-30(24-4-2-1-3-5-24)28(26)22-9-6-21(7-10-22)8-13-27(32)29-16-18-33-19-17-29/h1-13,20,28,31H,14-19H2. The van der Waals surface area contributed by atoms with Gasteiger partial charge < -0.3 is 19.6 Å². The predicted octanol–water partition coefficient (Wildman–Crippen LogP) is 4.42. The van der Waals surface area contributed by atoms with Crippen molar-refractivity contribution in [3.8, 4) is 5.75 Å². The smallest absolute Gasteiger partial charge is 0.246 e. The van der Waals surface area contributed by atoms with Crippen LogP contribution in [0.3, 0.4) is 0 Å². The number of hydrogen-bond acceptors (Lipinski definition) is 4. The van der Waals surface area contributed by atoms with Crippen LogP contribution in [0.2, 0.25) is 0 Å². The van der Waals surface area contributed by atoms with Crippen molar-refractivity contribution in [2.45, 2.75) is 12.5 Å². The van der Waals surface area contributed by atoms with Crippen LogP contribution in [0.15, 0.2) is 78.9 Å². The lowest BCUT2D eigenvalue weighted by Gasteiger charge is -2.39. The third-order valence-electron chi connectivity index (χ3n) is 6.44. The van der Waals surface area contributed by atoms with E-state index < -0.39 is 0 Å². The monoisotopic (exact) mass is 440 g/mol. The van der Waals surface area contributed by atoms with Gasteiger partial charge in [-0.3, -0.25) is 4.79 Å². The Morgan fingerprint density at radius 1 is 0.939 bits per heavy atom. The summed E-state index contributed by atoms with van der Waals surface area (Å²) in [5, 5.41) is 10.0. The molecule has 1 fully saturated rings. The molecule has 1 amide bonds. The van der Waals surface area contributed by atoms with Crippen molar-refractivity contribution in [3.63, 3.8) is 0 Å². The van der Waals surface area contributed by atoms with E-state index in [0.717, 1.165) is 18.5 Å². The molecule has 168 valence electrons. The second-order valence-corrected chi connectivity index (χ2v) is 8.50. The lowest BCUT2D eigenvalue weighted by atomic mass is 9.87. The van der Waals surface area contributed by atoms with Crippen LogP contribution in [-0.2, 0) is 16.0 Å². The van der Waals surface area contributed by atoms with E-state index in [1.165, 1.54) is 22.4 Å². The van der Waals surface area contributed by atoms with Gasteiger partial charge in [0.15, 0.2) is 0 Å². The van der Waals surface area contributed by atoms with Crippen molar-refractivity contribution in [1.29, 1.82) is 0 Å².